The van der Waals surface area contributed by atoms with Gasteiger partial charge < -0.3 is 10.1 Å². The van der Waals surface area contributed by atoms with Crippen LogP contribution in [0.2, 0.25) is 0 Å². The Morgan fingerprint density at radius 1 is 1.12 bits per heavy atom. The van der Waals surface area contributed by atoms with Gasteiger partial charge in [0.1, 0.15) is 17.4 Å². The molecule has 1 fully saturated rings. The second kappa shape index (κ2) is 10.5. The van der Waals surface area contributed by atoms with Crippen LogP contribution in [0.4, 0.5) is 10.1 Å². The summed E-state index contributed by atoms with van der Waals surface area (Å²) in [5, 5.41) is 2.76. The molecule has 33 heavy (non-hydrogen) atoms. The zero-order chi connectivity index (χ0) is 23.2. The fourth-order valence-electron chi connectivity index (χ4n) is 4.10. The molecule has 2 aromatic carbocycles. The van der Waals surface area contributed by atoms with Crippen LogP contribution < -0.4 is 10.1 Å². The van der Waals surface area contributed by atoms with Crippen LogP contribution in [-0.2, 0) is 6.54 Å². The summed E-state index contributed by atoms with van der Waals surface area (Å²) in [5.41, 5.74) is 2.89. The molecular weight excluding hydrogens is 419 g/mol. The number of amides is 1. The number of likely N-dealkylation sites (tertiary alicyclic amines) is 1. The predicted molar refractivity (Wildman–Crippen MR) is 126 cm³/mol. The number of rotatable bonds is 7. The molecule has 3 aromatic rings. The summed E-state index contributed by atoms with van der Waals surface area (Å²) in [4.78, 5) is 24.2. The lowest BCUT2D eigenvalue weighted by molar-refractivity contribution is 0.102. The minimum Gasteiger partial charge on any atom is -0.494 e. The van der Waals surface area contributed by atoms with Gasteiger partial charge in [0.25, 0.3) is 5.91 Å². The average molecular weight is 449 g/mol. The summed E-state index contributed by atoms with van der Waals surface area (Å²) in [6.45, 7) is 7.36. The third-order valence-electron chi connectivity index (χ3n) is 5.94. The van der Waals surface area contributed by atoms with Crippen molar-refractivity contribution in [3.63, 3.8) is 0 Å². The maximum atomic E-state index is 13.1. The summed E-state index contributed by atoms with van der Waals surface area (Å²) in [7, 11) is 0. The number of carbonyl (C=O) groups is 1. The second-order valence-electron chi connectivity index (χ2n) is 8.32. The van der Waals surface area contributed by atoms with E-state index in [-0.39, 0.29) is 17.6 Å². The highest BCUT2D eigenvalue weighted by Gasteiger charge is 2.24. The Kier molecular flexibility index (Phi) is 7.29. The predicted octanol–water partition coefficient (Wildman–Crippen LogP) is 4.95. The molecule has 172 valence electrons. The fraction of sp³-hybridized carbons (Fsp3) is 0.346. The van der Waals surface area contributed by atoms with Crippen LogP contribution >= 0.6 is 0 Å². The monoisotopic (exact) mass is 448 g/mol. The Morgan fingerprint density at radius 2 is 1.82 bits per heavy atom. The van der Waals surface area contributed by atoms with Gasteiger partial charge in [-0.15, -0.1) is 0 Å². The van der Waals surface area contributed by atoms with Crippen molar-refractivity contribution in [2.75, 3.05) is 25.0 Å². The fourth-order valence-corrected chi connectivity index (χ4v) is 4.10. The SMILES string of the molecule is CCOc1ccc(CN2CCC(c3ncc(C(=O)Nc4ccc(F)cc4)c(C)n3)CC2)cc1. The lowest BCUT2D eigenvalue weighted by Crippen LogP contribution is -2.33. The number of hydrogen-bond acceptors (Lipinski definition) is 5. The number of nitrogens with zero attached hydrogens (tertiary/aromatic N) is 3. The number of halogens is 1. The van der Waals surface area contributed by atoms with E-state index in [1.165, 1.54) is 29.8 Å². The minimum atomic E-state index is -0.345. The molecule has 7 heteroatoms. The first kappa shape index (κ1) is 22.9. The molecule has 1 aromatic heterocycles. The van der Waals surface area contributed by atoms with E-state index >= 15 is 0 Å². The topological polar surface area (TPSA) is 67.3 Å². The molecule has 4 rings (SSSR count). The van der Waals surface area contributed by atoms with Crippen LogP contribution in [0, 0.1) is 12.7 Å². The number of ether oxygens (including phenoxy) is 1. The third kappa shape index (κ3) is 5.93. The van der Waals surface area contributed by atoms with Crippen LogP contribution in [0.3, 0.4) is 0 Å². The molecule has 1 amide bonds. The van der Waals surface area contributed by atoms with Gasteiger partial charge in [-0.25, -0.2) is 14.4 Å². The number of carbonyl (C=O) groups excluding carboxylic acids is 1. The van der Waals surface area contributed by atoms with Gasteiger partial charge in [0.05, 0.1) is 17.9 Å². The van der Waals surface area contributed by atoms with Crippen LogP contribution in [0.25, 0.3) is 0 Å². The molecule has 1 aliphatic heterocycles. The molecule has 0 spiro atoms. The van der Waals surface area contributed by atoms with E-state index in [1.54, 1.807) is 6.20 Å². The number of benzene rings is 2. The first-order chi connectivity index (χ1) is 16.0. The Morgan fingerprint density at radius 3 is 2.45 bits per heavy atom. The molecule has 1 N–H and O–H groups in total. The molecule has 1 saturated heterocycles. The van der Waals surface area contributed by atoms with E-state index in [9.17, 15) is 9.18 Å². The van der Waals surface area contributed by atoms with E-state index in [1.807, 2.05) is 26.0 Å². The Hall–Kier alpha value is -3.32. The maximum Gasteiger partial charge on any atom is 0.259 e. The standard InChI is InChI=1S/C26H29FN4O2/c1-3-33-23-10-4-19(5-11-23)17-31-14-12-20(13-15-31)25-28-16-24(18(2)29-25)26(32)30-22-8-6-21(27)7-9-22/h4-11,16,20H,3,12-15,17H2,1-2H3,(H,30,32). The summed E-state index contributed by atoms with van der Waals surface area (Å²) >= 11 is 0. The van der Waals surface area contributed by atoms with Crippen molar-refractivity contribution in [3.05, 3.63) is 83.2 Å². The highest BCUT2D eigenvalue weighted by atomic mass is 19.1. The molecule has 0 unspecified atom stereocenters. The molecule has 0 radical (unpaired) electrons. The molecule has 2 heterocycles. The van der Waals surface area contributed by atoms with E-state index in [0.29, 0.717) is 23.6 Å². The molecule has 1 aliphatic rings. The van der Waals surface area contributed by atoms with E-state index in [4.69, 9.17) is 4.74 Å². The first-order valence-corrected chi connectivity index (χ1v) is 11.4. The molecule has 0 bridgehead atoms. The van der Waals surface area contributed by atoms with Crippen LogP contribution in [-0.4, -0.2) is 40.5 Å². The number of aryl methyl sites for hydroxylation is 1. The Balaban J connectivity index is 1.32. The van der Waals surface area contributed by atoms with Crippen molar-refractivity contribution in [1.29, 1.82) is 0 Å². The molecule has 6 nitrogen and oxygen atoms in total. The van der Waals surface area contributed by atoms with Gasteiger partial charge in [-0.3, -0.25) is 9.69 Å². The van der Waals surface area contributed by atoms with Gasteiger partial charge in [0, 0.05) is 24.3 Å². The maximum absolute atomic E-state index is 13.1. The van der Waals surface area contributed by atoms with Gasteiger partial charge in [-0.2, -0.15) is 0 Å². The minimum absolute atomic E-state index is 0.287. The Labute approximate surface area is 193 Å². The summed E-state index contributed by atoms with van der Waals surface area (Å²) in [6.07, 6.45) is 3.57. The van der Waals surface area contributed by atoms with Gasteiger partial charge >= 0.3 is 0 Å². The number of piperidine rings is 1. The third-order valence-corrected chi connectivity index (χ3v) is 5.94. The zero-order valence-corrected chi connectivity index (χ0v) is 19.1. The molecule has 0 saturated carbocycles. The van der Waals surface area contributed by atoms with Crippen LogP contribution in [0.5, 0.6) is 5.75 Å². The summed E-state index contributed by atoms with van der Waals surface area (Å²) in [5.74, 6) is 1.35. The molecule has 0 aliphatic carbocycles. The zero-order valence-electron chi connectivity index (χ0n) is 19.1. The van der Waals surface area contributed by atoms with Crippen LogP contribution in [0.15, 0.2) is 54.7 Å². The number of hydrogen-bond donors (Lipinski definition) is 1. The Bertz CT molecular complexity index is 1080. The quantitative estimate of drug-likeness (QED) is 0.554. The summed E-state index contributed by atoms with van der Waals surface area (Å²) in [6, 6.07) is 14.0. The highest BCUT2D eigenvalue weighted by molar-refractivity contribution is 6.04. The number of aromatic nitrogens is 2. The van der Waals surface area contributed by atoms with E-state index in [2.05, 4.69) is 32.3 Å². The normalized spacial score (nSPS) is 14.8. The van der Waals surface area contributed by atoms with Crippen molar-refractivity contribution in [2.45, 2.75) is 39.2 Å². The first-order valence-electron chi connectivity index (χ1n) is 11.4. The second-order valence-corrected chi connectivity index (χ2v) is 8.32. The number of anilines is 1. The average Bonchev–Trinajstić information content (AvgIpc) is 2.82. The van der Waals surface area contributed by atoms with E-state index < -0.39 is 0 Å². The number of nitrogens with one attached hydrogen (secondary N) is 1. The van der Waals surface area contributed by atoms with Gasteiger partial charge in [-0.1, -0.05) is 12.1 Å². The largest absolute Gasteiger partial charge is 0.494 e. The van der Waals surface area contributed by atoms with Crippen molar-refractivity contribution in [1.82, 2.24) is 14.9 Å². The summed E-state index contributed by atoms with van der Waals surface area (Å²) < 4.78 is 18.6. The van der Waals surface area contributed by atoms with Gasteiger partial charge in [0.15, 0.2) is 0 Å². The van der Waals surface area contributed by atoms with Crippen molar-refractivity contribution in [2.24, 2.45) is 0 Å². The highest BCUT2D eigenvalue weighted by Crippen LogP contribution is 2.27. The van der Waals surface area contributed by atoms with Gasteiger partial charge in [-0.05, 0) is 81.7 Å². The lowest BCUT2D eigenvalue weighted by atomic mass is 9.95. The van der Waals surface area contributed by atoms with Gasteiger partial charge in [0.2, 0.25) is 0 Å². The van der Waals surface area contributed by atoms with Crippen molar-refractivity contribution < 1.29 is 13.9 Å². The van der Waals surface area contributed by atoms with Crippen molar-refractivity contribution >= 4 is 11.6 Å². The van der Waals surface area contributed by atoms with Crippen molar-refractivity contribution in [3.8, 4) is 5.75 Å². The smallest absolute Gasteiger partial charge is 0.259 e. The van der Waals surface area contributed by atoms with Crippen LogP contribution in [0.1, 0.15) is 53.1 Å². The lowest BCUT2D eigenvalue weighted by Gasteiger charge is -2.31. The molecule has 0 atom stereocenters. The molecular formula is C26H29FN4O2. The van der Waals surface area contributed by atoms with E-state index in [0.717, 1.165) is 44.0 Å².